The molecule has 0 unspecified atom stereocenters. The number of fused-ring (bicyclic) bond motifs is 1. The number of nitrogen functional groups attached to an aromatic ring is 1. The van der Waals surface area contributed by atoms with Crippen molar-refractivity contribution in [1.82, 2.24) is 0 Å². The van der Waals surface area contributed by atoms with E-state index in [4.69, 9.17) is 10.5 Å². The zero-order chi connectivity index (χ0) is 20.0. The van der Waals surface area contributed by atoms with Crippen LogP contribution in [0.1, 0.15) is 11.1 Å². The van der Waals surface area contributed by atoms with Gasteiger partial charge in [0.05, 0.1) is 29.3 Å². The monoisotopic (exact) mass is 402 g/mol. The van der Waals surface area contributed by atoms with Gasteiger partial charge in [-0.2, -0.15) is 13.2 Å². The maximum absolute atomic E-state index is 13.1. The topological polar surface area (TPSA) is 92.9 Å². The number of halogens is 3. The number of aliphatic hydroxyl groups is 1. The summed E-state index contributed by atoms with van der Waals surface area (Å²) in [6.07, 6.45) is -5.54. The van der Waals surface area contributed by atoms with Gasteiger partial charge < -0.3 is 15.6 Å². The van der Waals surface area contributed by atoms with E-state index >= 15 is 0 Å². The number of hydrogen-bond acceptors (Lipinski definition) is 5. The Balaban J connectivity index is 2.17. The summed E-state index contributed by atoms with van der Waals surface area (Å²) in [7, 11) is -4.35. The van der Waals surface area contributed by atoms with E-state index in [1.165, 1.54) is 12.1 Å². The SMILES string of the molecule is Cc1c(N)ccc2c1N(S(=O)(=O)c1cccc(C(F)(F)F)c1)C[C@H](CO)O2. The number of aliphatic hydroxyl groups excluding tert-OH is 1. The highest BCUT2D eigenvalue weighted by atomic mass is 32.2. The number of nitrogens with two attached hydrogens (primary N) is 1. The summed E-state index contributed by atoms with van der Waals surface area (Å²) >= 11 is 0. The number of nitrogens with zero attached hydrogens (tertiary/aromatic N) is 1. The second-order valence-corrected chi connectivity index (χ2v) is 7.97. The Kier molecular flexibility index (Phi) is 4.73. The van der Waals surface area contributed by atoms with Gasteiger partial charge >= 0.3 is 6.18 Å². The summed E-state index contributed by atoms with van der Waals surface area (Å²) in [5, 5.41) is 9.43. The molecule has 2 aromatic rings. The number of benzene rings is 2. The molecular weight excluding hydrogens is 385 g/mol. The fourth-order valence-electron chi connectivity index (χ4n) is 2.86. The molecule has 3 N–H and O–H groups in total. The molecule has 0 amide bonds. The molecule has 0 fully saturated rings. The maximum Gasteiger partial charge on any atom is 0.416 e. The minimum atomic E-state index is -4.68. The Hall–Kier alpha value is -2.46. The van der Waals surface area contributed by atoms with Crippen LogP contribution in [0.5, 0.6) is 5.75 Å². The zero-order valence-corrected chi connectivity index (χ0v) is 15.0. The fraction of sp³-hybridized carbons (Fsp3) is 0.294. The molecule has 146 valence electrons. The molecule has 3 rings (SSSR count). The molecule has 6 nitrogen and oxygen atoms in total. The molecule has 1 heterocycles. The van der Waals surface area contributed by atoms with Crippen LogP contribution in [-0.2, 0) is 16.2 Å². The average molecular weight is 402 g/mol. The van der Waals surface area contributed by atoms with Crippen molar-refractivity contribution in [1.29, 1.82) is 0 Å². The third-order valence-corrected chi connectivity index (χ3v) is 6.06. The molecule has 0 spiro atoms. The van der Waals surface area contributed by atoms with Crippen LogP contribution in [0.3, 0.4) is 0 Å². The van der Waals surface area contributed by atoms with E-state index in [2.05, 4.69) is 0 Å². The van der Waals surface area contributed by atoms with Crippen molar-refractivity contribution in [3.63, 3.8) is 0 Å². The van der Waals surface area contributed by atoms with Crippen LogP contribution in [0.25, 0.3) is 0 Å². The first-order chi connectivity index (χ1) is 12.6. The molecular formula is C17H17F3N2O4S. The van der Waals surface area contributed by atoms with E-state index in [0.29, 0.717) is 17.3 Å². The minimum absolute atomic E-state index is 0.150. The Bertz CT molecular complexity index is 977. The third-order valence-electron chi connectivity index (χ3n) is 4.30. The van der Waals surface area contributed by atoms with E-state index in [-0.39, 0.29) is 18.0 Å². The number of anilines is 2. The van der Waals surface area contributed by atoms with Gasteiger partial charge in [0, 0.05) is 11.3 Å². The Morgan fingerprint density at radius 1 is 1.30 bits per heavy atom. The highest BCUT2D eigenvalue weighted by Gasteiger charge is 2.37. The normalized spacial score (nSPS) is 17.4. The second-order valence-electron chi connectivity index (χ2n) is 6.11. The number of ether oxygens (including phenoxy) is 1. The molecule has 0 saturated heterocycles. The van der Waals surface area contributed by atoms with Crippen molar-refractivity contribution in [2.45, 2.75) is 24.1 Å². The first-order valence-electron chi connectivity index (χ1n) is 7.92. The predicted molar refractivity (Wildman–Crippen MR) is 93.1 cm³/mol. The first kappa shape index (κ1) is 19.3. The molecule has 1 aliphatic rings. The van der Waals surface area contributed by atoms with Crippen molar-refractivity contribution < 1.29 is 31.4 Å². The molecule has 0 radical (unpaired) electrons. The summed E-state index contributed by atoms with van der Waals surface area (Å²) in [5.74, 6) is 0.183. The van der Waals surface area contributed by atoms with Crippen LogP contribution in [0, 0.1) is 6.92 Å². The number of rotatable bonds is 3. The van der Waals surface area contributed by atoms with Crippen LogP contribution >= 0.6 is 0 Å². The van der Waals surface area contributed by atoms with Crippen molar-refractivity contribution in [3.05, 3.63) is 47.5 Å². The summed E-state index contributed by atoms with van der Waals surface area (Å²) in [4.78, 5) is -0.510. The van der Waals surface area contributed by atoms with Gasteiger partial charge in [-0.1, -0.05) is 6.07 Å². The highest BCUT2D eigenvalue weighted by Crippen LogP contribution is 2.42. The smallest absolute Gasteiger partial charge is 0.416 e. The Labute approximate surface area is 154 Å². The lowest BCUT2D eigenvalue weighted by molar-refractivity contribution is -0.137. The number of alkyl halides is 3. The summed E-state index contributed by atoms with van der Waals surface area (Å²) in [6, 6.07) is 6.51. The summed E-state index contributed by atoms with van der Waals surface area (Å²) in [6.45, 7) is 0.870. The molecule has 2 aromatic carbocycles. The van der Waals surface area contributed by atoms with Gasteiger partial charge in [0.25, 0.3) is 10.0 Å². The third kappa shape index (κ3) is 3.42. The highest BCUT2D eigenvalue weighted by molar-refractivity contribution is 7.92. The van der Waals surface area contributed by atoms with Crippen molar-refractivity contribution >= 4 is 21.4 Å². The van der Waals surface area contributed by atoms with Crippen LogP contribution in [0.2, 0.25) is 0 Å². The van der Waals surface area contributed by atoms with E-state index in [1.807, 2.05) is 0 Å². The van der Waals surface area contributed by atoms with E-state index in [0.717, 1.165) is 22.5 Å². The molecule has 0 aromatic heterocycles. The van der Waals surface area contributed by atoms with E-state index < -0.39 is 39.4 Å². The maximum atomic E-state index is 13.1. The van der Waals surface area contributed by atoms with Crippen molar-refractivity contribution in [3.8, 4) is 5.75 Å². The number of hydrogen-bond donors (Lipinski definition) is 2. The first-order valence-corrected chi connectivity index (χ1v) is 9.36. The predicted octanol–water partition coefficient (Wildman–Crippen LogP) is 2.54. The fourth-order valence-corrected chi connectivity index (χ4v) is 4.47. The van der Waals surface area contributed by atoms with Gasteiger partial charge in [0.15, 0.2) is 0 Å². The molecule has 0 aliphatic carbocycles. The van der Waals surface area contributed by atoms with Crippen molar-refractivity contribution in [2.75, 3.05) is 23.2 Å². The largest absolute Gasteiger partial charge is 0.484 e. The van der Waals surface area contributed by atoms with Crippen LogP contribution < -0.4 is 14.8 Å². The molecule has 0 bridgehead atoms. The number of sulfonamides is 1. The zero-order valence-electron chi connectivity index (χ0n) is 14.2. The molecule has 1 aliphatic heterocycles. The molecule has 27 heavy (non-hydrogen) atoms. The van der Waals surface area contributed by atoms with Gasteiger partial charge in [-0.05, 0) is 37.3 Å². The molecule has 10 heteroatoms. The van der Waals surface area contributed by atoms with Gasteiger partial charge in [-0.25, -0.2) is 8.42 Å². The standard InChI is InChI=1S/C17H17F3N2O4S/c1-10-14(21)5-6-15-16(10)22(8-12(9-23)26-15)27(24,25)13-4-2-3-11(7-13)17(18,19)20/h2-7,12,23H,8-9,21H2,1H3/t12-/m1/s1. The summed E-state index contributed by atoms with van der Waals surface area (Å²) < 4.78 is 71.8. The van der Waals surface area contributed by atoms with E-state index in [9.17, 15) is 26.7 Å². The summed E-state index contributed by atoms with van der Waals surface area (Å²) in [5.41, 5.74) is 5.67. The van der Waals surface area contributed by atoms with Crippen LogP contribution in [0.15, 0.2) is 41.3 Å². The van der Waals surface area contributed by atoms with Gasteiger partial charge in [-0.15, -0.1) is 0 Å². The second kappa shape index (κ2) is 6.61. The average Bonchev–Trinajstić information content (AvgIpc) is 2.63. The lowest BCUT2D eigenvalue weighted by atomic mass is 10.1. The van der Waals surface area contributed by atoms with E-state index in [1.54, 1.807) is 6.92 Å². The van der Waals surface area contributed by atoms with Gasteiger partial charge in [0.1, 0.15) is 11.9 Å². The van der Waals surface area contributed by atoms with Crippen LogP contribution in [0.4, 0.5) is 24.5 Å². The van der Waals surface area contributed by atoms with Gasteiger partial charge in [0.2, 0.25) is 0 Å². The van der Waals surface area contributed by atoms with Crippen molar-refractivity contribution in [2.24, 2.45) is 0 Å². The van der Waals surface area contributed by atoms with Gasteiger partial charge in [-0.3, -0.25) is 4.31 Å². The lowest BCUT2D eigenvalue weighted by Crippen LogP contribution is -2.45. The van der Waals surface area contributed by atoms with Crippen LogP contribution in [-0.4, -0.2) is 32.8 Å². The molecule has 0 saturated carbocycles. The lowest BCUT2D eigenvalue weighted by Gasteiger charge is -2.36. The molecule has 1 atom stereocenters. The Morgan fingerprint density at radius 3 is 2.63 bits per heavy atom. The quantitative estimate of drug-likeness (QED) is 0.770. The Morgan fingerprint density at radius 2 is 2.00 bits per heavy atom. The minimum Gasteiger partial charge on any atom is -0.484 e.